The van der Waals surface area contributed by atoms with Gasteiger partial charge in [-0.2, -0.15) is 0 Å². The number of esters is 1. The summed E-state index contributed by atoms with van der Waals surface area (Å²) >= 11 is 11.8. The predicted octanol–water partition coefficient (Wildman–Crippen LogP) is 3.84. The molecule has 0 heterocycles. The van der Waals surface area contributed by atoms with Gasteiger partial charge in [0.25, 0.3) is 0 Å². The molecule has 0 N–H and O–H groups in total. The van der Waals surface area contributed by atoms with Crippen LogP contribution in [0.5, 0.6) is 5.75 Å². The molecule has 0 bridgehead atoms. The van der Waals surface area contributed by atoms with Gasteiger partial charge in [-0.1, -0.05) is 29.3 Å². The minimum Gasteiger partial charge on any atom is -0.463 e. The monoisotopic (exact) mass is 274 g/mol. The maximum absolute atomic E-state index is 11.2. The zero-order valence-corrected chi connectivity index (χ0v) is 11.0. The van der Waals surface area contributed by atoms with E-state index in [0.29, 0.717) is 28.2 Å². The zero-order valence-electron chi connectivity index (χ0n) is 9.50. The van der Waals surface area contributed by atoms with Crippen molar-refractivity contribution in [2.24, 2.45) is 0 Å². The molecule has 0 amide bonds. The molecule has 0 unspecified atom stereocenters. The maximum Gasteiger partial charge on any atom is 0.334 e. The van der Waals surface area contributed by atoms with Crippen LogP contribution in [-0.4, -0.2) is 12.6 Å². The molecule has 0 aromatic heterocycles. The number of carbonyl (C=O) groups excluding carboxylic acids is 1. The molecule has 0 aliphatic heterocycles. The number of hydrogen-bond acceptors (Lipinski definition) is 3. The van der Waals surface area contributed by atoms with Crippen LogP contribution in [0.4, 0.5) is 0 Å². The van der Waals surface area contributed by atoms with Gasteiger partial charge in [-0.25, -0.2) is 4.79 Å². The lowest BCUT2D eigenvalue weighted by molar-refractivity contribution is -0.137. The summed E-state index contributed by atoms with van der Waals surface area (Å²) in [5.74, 6) is 0.327. The highest BCUT2D eigenvalue weighted by Crippen LogP contribution is 2.32. The van der Waals surface area contributed by atoms with Gasteiger partial charge in [-0.15, -0.1) is 0 Å². The van der Waals surface area contributed by atoms with E-state index in [9.17, 15) is 4.79 Å². The van der Waals surface area contributed by atoms with Crippen molar-refractivity contribution in [2.45, 2.75) is 13.8 Å². The van der Waals surface area contributed by atoms with Gasteiger partial charge in [0.15, 0.2) is 0 Å². The van der Waals surface area contributed by atoms with Crippen LogP contribution in [0.3, 0.4) is 0 Å². The SMILES string of the molecule is CCOC(=O)C=C(C)Oc1cccc(Cl)c1Cl. The molecule has 1 rings (SSSR count). The Balaban J connectivity index is 2.77. The quantitative estimate of drug-likeness (QED) is 0.476. The van der Waals surface area contributed by atoms with E-state index >= 15 is 0 Å². The Morgan fingerprint density at radius 2 is 2.12 bits per heavy atom. The van der Waals surface area contributed by atoms with Crippen molar-refractivity contribution in [3.05, 3.63) is 40.1 Å². The third kappa shape index (κ3) is 4.29. The maximum atomic E-state index is 11.2. The summed E-state index contributed by atoms with van der Waals surface area (Å²) in [6, 6.07) is 5.03. The summed E-state index contributed by atoms with van der Waals surface area (Å²) in [6.45, 7) is 3.68. The summed E-state index contributed by atoms with van der Waals surface area (Å²) in [6.07, 6.45) is 1.25. The normalized spacial score (nSPS) is 11.2. The number of ether oxygens (including phenoxy) is 2. The van der Waals surface area contributed by atoms with E-state index in [-0.39, 0.29) is 0 Å². The van der Waals surface area contributed by atoms with Crippen LogP contribution in [0.25, 0.3) is 0 Å². The molecule has 0 saturated carbocycles. The van der Waals surface area contributed by atoms with E-state index in [4.69, 9.17) is 32.7 Å². The van der Waals surface area contributed by atoms with E-state index in [1.807, 2.05) is 0 Å². The fourth-order valence-electron chi connectivity index (χ4n) is 1.12. The van der Waals surface area contributed by atoms with Crippen LogP contribution < -0.4 is 4.74 Å². The molecule has 1 aromatic carbocycles. The Morgan fingerprint density at radius 3 is 2.76 bits per heavy atom. The van der Waals surface area contributed by atoms with Gasteiger partial charge >= 0.3 is 5.97 Å². The third-order valence-corrected chi connectivity index (χ3v) is 2.60. The van der Waals surface area contributed by atoms with Crippen LogP contribution in [0.15, 0.2) is 30.0 Å². The van der Waals surface area contributed by atoms with E-state index in [0.717, 1.165) is 0 Å². The molecule has 0 saturated heterocycles. The van der Waals surface area contributed by atoms with Crippen LogP contribution >= 0.6 is 23.2 Å². The Hall–Kier alpha value is -1.19. The number of carbonyl (C=O) groups is 1. The first kappa shape index (κ1) is 13.9. The van der Waals surface area contributed by atoms with Crippen molar-refractivity contribution in [3.8, 4) is 5.75 Å². The van der Waals surface area contributed by atoms with Crippen LogP contribution in [0.2, 0.25) is 10.0 Å². The molecule has 0 aliphatic carbocycles. The van der Waals surface area contributed by atoms with Crippen molar-refractivity contribution in [1.82, 2.24) is 0 Å². The second kappa shape index (κ2) is 6.52. The summed E-state index contributed by atoms with van der Waals surface area (Å²) < 4.78 is 10.1. The van der Waals surface area contributed by atoms with Crippen LogP contribution in [-0.2, 0) is 9.53 Å². The fourth-order valence-corrected chi connectivity index (χ4v) is 1.45. The molecule has 0 radical (unpaired) electrons. The van der Waals surface area contributed by atoms with E-state index in [1.54, 1.807) is 32.0 Å². The first-order valence-corrected chi connectivity index (χ1v) is 5.77. The molecular weight excluding hydrogens is 263 g/mol. The first-order valence-electron chi connectivity index (χ1n) is 5.01. The summed E-state index contributed by atoms with van der Waals surface area (Å²) in [5.41, 5.74) is 0. The highest BCUT2D eigenvalue weighted by molar-refractivity contribution is 6.42. The number of rotatable bonds is 4. The topological polar surface area (TPSA) is 35.5 Å². The molecule has 0 spiro atoms. The Kier molecular flexibility index (Phi) is 5.32. The van der Waals surface area contributed by atoms with Crippen molar-refractivity contribution < 1.29 is 14.3 Å². The van der Waals surface area contributed by atoms with Gasteiger partial charge in [-0.3, -0.25) is 0 Å². The van der Waals surface area contributed by atoms with Crippen molar-refractivity contribution in [1.29, 1.82) is 0 Å². The third-order valence-electron chi connectivity index (χ3n) is 1.79. The van der Waals surface area contributed by atoms with E-state index in [2.05, 4.69) is 0 Å². The van der Waals surface area contributed by atoms with Gasteiger partial charge in [0.2, 0.25) is 0 Å². The first-order chi connectivity index (χ1) is 8.04. The average Bonchev–Trinajstić information content (AvgIpc) is 2.25. The largest absolute Gasteiger partial charge is 0.463 e. The zero-order chi connectivity index (χ0) is 12.8. The minimum absolute atomic E-state index is 0.311. The fraction of sp³-hybridized carbons (Fsp3) is 0.250. The predicted molar refractivity (Wildman–Crippen MR) is 67.5 cm³/mol. The van der Waals surface area contributed by atoms with Crippen molar-refractivity contribution in [3.63, 3.8) is 0 Å². The van der Waals surface area contributed by atoms with Crippen LogP contribution in [0.1, 0.15) is 13.8 Å². The summed E-state index contributed by atoms with van der Waals surface area (Å²) in [5, 5.41) is 0.707. The lowest BCUT2D eigenvalue weighted by Gasteiger charge is -2.08. The average molecular weight is 275 g/mol. The highest BCUT2D eigenvalue weighted by atomic mass is 35.5. The molecule has 0 atom stereocenters. The number of allylic oxidation sites excluding steroid dienone is 1. The minimum atomic E-state index is -0.455. The number of benzene rings is 1. The molecule has 5 heteroatoms. The van der Waals surface area contributed by atoms with Gasteiger partial charge in [0, 0.05) is 0 Å². The van der Waals surface area contributed by atoms with Gasteiger partial charge < -0.3 is 9.47 Å². The van der Waals surface area contributed by atoms with Gasteiger partial charge in [-0.05, 0) is 26.0 Å². The van der Waals surface area contributed by atoms with Gasteiger partial charge in [0.1, 0.15) is 16.5 Å². The second-order valence-electron chi connectivity index (χ2n) is 3.16. The molecule has 0 fully saturated rings. The van der Waals surface area contributed by atoms with Crippen LogP contribution in [0, 0.1) is 0 Å². The summed E-state index contributed by atoms with van der Waals surface area (Å²) in [7, 11) is 0. The number of hydrogen-bond donors (Lipinski definition) is 0. The van der Waals surface area contributed by atoms with Crippen molar-refractivity contribution >= 4 is 29.2 Å². The summed E-state index contributed by atoms with van der Waals surface area (Å²) in [4.78, 5) is 11.2. The molecular formula is C12H12Cl2O3. The highest BCUT2D eigenvalue weighted by Gasteiger charge is 2.07. The molecule has 1 aromatic rings. The lowest BCUT2D eigenvalue weighted by atomic mass is 10.3. The molecule has 3 nitrogen and oxygen atoms in total. The van der Waals surface area contributed by atoms with E-state index < -0.39 is 5.97 Å². The Morgan fingerprint density at radius 1 is 1.41 bits per heavy atom. The Labute approximate surface area is 110 Å². The Bertz CT molecular complexity index is 441. The molecule has 17 heavy (non-hydrogen) atoms. The molecule has 92 valence electrons. The smallest absolute Gasteiger partial charge is 0.334 e. The standard InChI is InChI=1S/C12H12Cl2O3/c1-3-16-11(15)7-8(2)17-10-6-4-5-9(13)12(10)14/h4-7H,3H2,1-2H3. The number of halogens is 2. The van der Waals surface area contributed by atoms with E-state index in [1.165, 1.54) is 6.08 Å². The van der Waals surface area contributed by atoms with Crippen molar-refractivity contribution in [2.75, 3.05) is 6.61 Å². The second-order valence-corrected chi connectivity index (χ2v) is 3.95. The molecule has 0 aliphatic rings. The van der Waals surface area contributed by atoms with Gasteiger partial charge in [0.05, 0.1) is 17.7 Å². The lowest BCUT2D eigenvalue weighted by Crippen LogP contribution is -2.02.